The number of halogens is 4. The van der Waals surface area contributed by atoms with Crippen molar-refractivity contribution in [2.45, 2.75) is 18.7 Å². The zero-order valence-electron chi connectivity index (χ0n) is 10.5. The molecule has 100 valence electrons. The number of aryl methyl sites for hydroxylation is 2. The van der Waals surface area contributed by atoms with Crippen LogP contribution in [-0.2, 0) is 0 Å². The number of alkyl halides is 1. The normalized spacial score (nSPS) is 12.5. The molecular formula is C15H12BrClF2. The monoisotopic (exact) mass is 344 g/mol. The first-order chi connectivity index (χ1) is 8.90. The standard InChI is InChI=1S/C15H12BrClF2/c1-8-5-11(18)6-9(2)14(8)15(16)10-3-4-12(17)13(19)7-10/h3-7,15H,1-2H3. The summed E-state index contributed by atoms with van der Waals surface area (Å²) in [4.78, 5) is -0.195. The maximum absolute atomic E-state index is 13.5. The molecule has 2 aromatic carbocycles. The van der Waals surface area contributed by atoms with Gasteiger partial charge in [0.25, 0.3) is 0 Å². The third kappa shape index (κ3) is 2.98. The van der Waals surface area contributed by atoms with Gasteiger partial charge in [-0.2, -0.15) is 0 Å². The Balaban J connectivity index is 2.49. The second kappa shape index (κ2) is 5.59. The predicted octanol–water partition coefficient (Wildman–Crippen LogP) is 5.72. The molecule has 0 amide bonds. The Kier molecular flexibility index (Phi) is 4.26. The van der Waals surface area contributed by atoms with Crippen LogP contribution in [0.3, 0.4) is 0 Å². The van der Waals surface area contributed by atoms with E-state index < -0.39 is 5.82 Å². The second-order valence-electron chi connectivity index (χ2n) is 4.49. The van der Waals surface area contributed by atoms with Crippen molar-refractivity contribution in [3.63, 3.8) is 0 Å². The highest BCUT2D eigenvalue weighted by Crippen LogP contribution is 2.36. The molecule has 1 unspecified atom stereocenters. The van der Waals surface area contributed by atoms with Gasteiger partial charge in [-0.25, -0.2) is 8.78 Å². The minimum absolute atomic E-state index is 0.0935. The van der Waals surface area contributed by atoms with Gasteiger partial charge in [-0.05, 0) is 60.4 Å². The zero-order chi connectivity index (χ0) is 14.2. The van der Waals surface area contributed by atoms with E-state index in [1.807, 2.05) is 13.8 Å². The van der Waals surface area contributed by atoms with Crippen LogP contribution in [0.1, 0.15) is 27.1 Å². The summed E-state index contributed by atoms with van der Waals surface area (Å²) in [6.45, 7) is 3.68. The summed E-state index contributed by atoms with van der Waals surface area (Å²) in [5, 5.41) is 0.0935. The van der Waals surface area contributed by atoms with Gasteiger partial charge in [0, 0.05) is 0 Å². The van der Waals surface area contributed by atoms with Crippen LogP contribution in [0.2, 0.25) is 5.02 Å². The molecule has 1 atom stereocenters. The smallest absolute Gasteiger partial charge is 0.142 e. The van der Waals surface area contributed by atoms with Crippen molar-refractivity contribution < 1.29 is 8.78 Å². The van der Waals surface area contributed by atoms with Crippen LogP contribution in [0.5, 0.6) is 0 Å². The van der Waals surface area contributed by atoms with Gasteiger partial charge in [0.05, 0.1) is 9.85 Å². The molecule has 19 heavy (non-hydrogen) atoms. The molecule has 0 N–H and O–H groups in total. The van der Waals surface area contributed by atoms with E-state index in [0.717, 1.165) is 22.3 Å². The highest BCUT2D eigenvalue weighted by Gasteiger charge is 2.17. The molecule has 0 aliphatic carbocycles. The molecule has 0 fully saturated rings. The SMILES string of the molecule is Cc1cc(F)cc(C)c1C(Br)c1ccc(Cl)c(F)c1. The van der Waals surface area contributed by atoms with Crippen LogP contribution in [0, 0.1) is 25.5 Å². The lowest BCUT2D eigenvalue weighted by Gasteiger charge is -2.17. The zero-order valence-corrected chi connectivity index (χ0v) is 12.8. The molecule has 0 saturated heterocycles. The first kappa shape index (κ1) is 14.5. The van der Waals surface area contributed by atoms with Crippen molar-refractivity contribution in [3.8, 4) is 0 Å². The number of benzene rings is 2. The van der Waals surface area contributed by atoms with E-state index in [9.17, 15) is 8.78 Å². The Hall–Kier alpha value is -0.930. The summed E-state index contributed by atoms with van der Waals surface area (Å²) in [7, 11) is 0. The fourth-order valence-electron chi connectivity index (χ4n) is 2.16. The Morgan fingerprint density at radius 1 is 1.05 bits per heavy atom. The second-order valence-corrected chi connectivity index (χ2v) is 5.81. The lowest BCUT2D eigenvalue weighted by Crippen LogP contribution is -2.01. The largest absolute Gasteiger partial charge is 0.207 e. The lowest BCUT2D eigenvalue weighted by atomic mass is 9.96. The van der Waals surface area contributed by atoms with Crippen LogP contribution in [-0.4, -0.2) is 0 Å². The van der Waals surface area contributed by atoms with Crippen molar-refractivity contribution in [2.75, 3.05) is 0 Å². The van der Waals surface area contributed by atoms with E-state index in [0.29, 0.717) is 0 Å². The number of hydrogen-bond donors (Lipinski definition) is 0. The molecule has 0 spiro atoms. The molecule has 0 saturated carbocycles. The Labute approximate surface area is 124 Å². The molecule has 0 aromatic heterocycles. The molecular weight excluding hydrogens is 334 g/mol. The van der Waals surface area contributed by atoms with Gasteiger partial charge in [0.1, 0.15) is 11.6 Å². The third-order valence-corrected chi connectivity index (χ3v) is 4.34. The van der Waals surface area contributed by atoms with E-state index in [-0.39, 0.29) is 15.7 Å². The van der Waals surface area contributed by atoms with E-state index in [2.05, 4.69) is 15.9 Å². The molecule has 2 aromatic rings. The average Bonchev–Trinajstić information content (AvgIpc) is 2.31. The van der Waals surface area contributed by atoms with Crippen LogP contribution >= 0.6 is 27.5 Å². The summed E-state index contributed by atoms with van der Waals surface area (Å²) >= 11 is 9.22. The first-order valence-electron chi connectivity index (χ1n) is 5.76. The van der Waals surface area contributed by atoms with Crippen molar-refractivity contribution in [1.29, 1.82) is 0 Å². The highest BCUT2D eigenvalue weighted by atomic mass is 79.9. The van der Waals surface area contributed by atoms with Gasteiger partial charge in [0.15, 0.2) is 0 Å². The van der Waals surface area contributed by atoms with Gasteiger partial charge in [-0.15, -0.1) is 0 Å². The topological polar surface area (TPSA) is 0 Å². The minimum atomic E-state index is -0.457. The summed E-state index contributed by atoms with van der Waals surface area (Å²) in [6, 6.07) is 7.62. The van der Waals surface area contributed by atoms with Gasteiger partial charge in [-0.1, -0.05) is 33.6 Å². The molecule has 0 aliphatic rings. The third-order valence-electron chi connectivity index (χ3n) is 3.05. The van der Waals surface area contributed by atoms with Crippen molar-refractivity contribution in [1.82, 2.24) is 0 Å². The van der Waals surface area contributed by atoms with Gasteiger partial charge >= 0.3 is 0 Å². The van der Waals surface area contributed by atoms with Gasteiger partial charge < -0.3 is 0 Å². The lowest BCUT2D eigenvalue weighted by molar-refractivity contribution is 0.623. The van der Waals surface area contributed by atoms with Crippen molar-refractivity contribution in [3.05, 3.63) is 69.2 Å². The molecule has 0 heterocycles. The maximum atomic E-state index is 13.5. The fraction of sp³-hybridized carbons (Fsp3) is 0.200. The number of rotatable bonds is 2. The molecule has 0 aliphatic heterocycles. The van der Waals surface area contributed by atoms with Gasteiger partial charge in [-0.3, -0.25) is 0 Å². The van der Waals surface area contributed by atoms with E-state index in [4.69, 9.17) is 11.6 Å². The van der Waals surface area contributed by atoms with Crippen LogP contribution < -0.4 is 0 Å². The summed E-state index contributed by atoms with van der Waals surface area (Å²) in [6.07, 6.45) is 0. The Morgan fingerprint density at radius 2 is 1.63 bits per heavy atom. The summed E-state index contributed by atoms with van der Waals surface area (Å²) < 4.78 is 26.8. The summed E-state index contributed by atoms with van der Waals surface area (Å²) in [5.41, 5.74) is 3.35. The molecule has 4 heteroatoms. The molecule has 2 rings (SSSR count). The molecule has 0 bridgehead atoms. The van der Waals surface area contributed by atoms with E-state index in [1.165, 1.54) is 24.3 Å². The van der Waals surface area contributed by atoms with Crippen LogP contribution in [0.4, 0.5) is 8.78 Å². The number of hydrogen-bond acceptors (Lipinski definition) is 0. The van der Waals surface area contributed by atoms with Gasteiger partial charge in [0.2, 0.25) is 0 Å². The Bertz CT molecular complexity index is 603. The van der Waals surface area contributed by atoms with E-state index in [1.54, 1.807) is 6.07 Å². The van der Waals surface area contributed by atoms with Crippen LogP contribution in [0.15, 0.2) is 30.3 Å². The first-order valence-corrected chi connectivity index (χ1v) is 7.05. The van der Waals surface area contributed by atoms with E-state index >= 15 is 0 Å². The van der Waals surface area contributed by atoms with Crippen LogP contribution in [0.25, 0.3) is 0 Å². The quantitative estimate of drug-likeness (QED) is 0.611. The maximum Gasteiger partial charge on any atom is 0.142 e. The molecule has 0 radical (unpaired) electrons. The highest BCUT2D eigenvalue weighted by molar-refractivity contribution is 9.09. The molecule has 0 nitrogen and oxygen atoms in total. The fourth-order valence-corrected chi connectivity index (χ4v) is 3.28. The van der Waals surface area contributed by atoms with Crippen molar-refractivity contribution in [2.24, 2.45) is 0 Å². The average molecular weight is 346 g/mol. The Morgan fingerprint density at radius 3 is 2.16 bits per heavy atom. The minimum Gasteiger partial charge on any atom is -0.207 e. The predicted molar refractivity (Wildman–Crippen MR) is 78.1 cm³/mol. The summed E-state index contributed by atoms with van der Waals surface area (Å²) in [5.74, 6) is -0.721. The van der Waals surface area contributed by atoms with Crippen molar-refractivity contribution >= 4 is 27.5 Å².